The summed E-state index contributed by atoms with van der Waals surface area (Å²) in [6, 6.07) is 19.7. The molecule has 0 spiro atoms. The third kappa shape index (κ3) is 5.47. The minimum atomic E-state index is -0.110. The van der Waals surface area contributed by atoms with E-state index in [2.05, 4.69) is 39.6 Å². The number of rotatable bonds is 9. The lowest BCUT2D eigenvalue weighted by atomic mass is 10.1. The molecular weight excluding hydrogens is 434 g/mol. The van der Waals surface area contributed by atoms with Crippen LogP contribution in [0.15, 0.2) is 78.2 Å². The van der Waals surface area contributed by atoms with E-state index in [1.165, 1.54) is 0 Å². The molecule has 4 rings (SSSR count). The van der Waals surface area contributed by atoms with Gasteiger partial charge in [0.25, 0.3) is 5.91 Å². The van der Waals surface area contributed by atoms with Crippen LogP contribution in [-0.4, -0.2) is 45.9 Å². The molecule has 2 aromatic heterocycles. The SMILES string of the molecule is COCCNC(=O)c1ccccc1CSc1nnc(-c2ccncc2)n1-c1cccc(C)c1. The third-order valence-corrected chi connectivity index (χ3v) is 6.02. The molecule has 0 radical (unpaired) electrons. The van der Waals surface area contributed by atoms with E-state index >= 15 is 0 Å². The summed E-state index contributed by atoms with van der Waals surface area (Å²) in [4.78, 5) is 16.8. The highest BCUT2D eigenvalue weighted by Gasteiger charge is 2.18. The number of hydrogen-bond donors (Lipinski definition) is 1. The highest BCUT2D eigenvalue weighted by molar-refractivity contribution is 7.98. The lowest BCUT2D eigenvalue weighted by molar-refractivity contribution is 0.0936. The molecule has 2 heterocycles. The van der Waals surface area contributed by atoms with Crippen molar-refractivity contribution in [2.24, 2.45) is 0 Å². The molecule has 4 aromatic rings. The Morgan fingerprint density at radius 1 is 1.06 bits per heavy atom. The maximum absolute atomic E-state index is 12.7. The molecule has 0 aliphatic rings. The Morgan fingerprint density at radius 2 is 1.88 bits per heavy atom. The van der Waals surface area contributed by atoms with E-state index in [0.29, 0.717) is 24.5 Å². The highest BCUT2D eigenvalue weighted by Crippen LogP contribution is 2.30. The molecular formula is C25H25N5O2S. The number of pyridine rings is 1. The lowest BCUT2D eigenvalue weighted by Gasteiger charge is -2.12. The van der Waals surface area contributed by atoms with Gasteiger partial charge in [-0.15, -0.1) is 10.2 Å². The highest BCUT2D eigenvalue weighted by atomic mass is 32.2. The number of methoxy groups -OCH3 is 1. The Bertz CT molecular complexity index is 1230. The van der Waals surface area contributed by atoms with Gasteiger partial charge in [0.1, 0.15) is 0 Å². The van der Waals surface area contributed by atoms with Crippen LogP contribution in [0.25, 0.3) is 17.1 Å². The van der Waals surface area contributed by atoms with Crippen molar-refractivity contribution in [1.82, 2.24) is 25.1 Å². The molecule has 0 aliphatic heterocycles. The molecule has 168 valence electrons. The average molecular weight is 460 g/mol. The fraction of sp³-hybridized carbons (Fsp3) is 0.200. The van der Waals surface area contributed by atoms with Crippen LogP contribution in [0, 0.1) is 6.92 Å². The standard InChI is InChI=1S/C25H25N5O2S/c1-18-6-5-8-21(16-18)30-23(19-10-12-26-13-11-19)28-29-25(30)33-17-20-7-3-4-9-22(20)24(31)27-14-15-32-2/h3-13,16H,14-15,17H2,1-2H3,(H,27,31). The Labute approximate surface area is 197 Å². The van der Waals surface area contributed by atoms with Gasteiger partial charge in [0.05, 0.1) is 6.61 Å². The second-order valence-corrected chi connectivity index (χ2v) is 8.35. The molecule has 0 aliphatic carbocycles. The molecule has 1 N–H and O–H groups in total. The Kier molecular flexibility index (Phi) is 7.49. The average Bonchev–Trinajstić information content (AvgIpc) is 3.27. The van der Waals surface area contributed by atoms with Gasteiger partial charge in [0.2, 0.25) is 0 Å². The first-order valence-corrected chi connectivity index (χ1v) is 11.6. The van der Waals surface area contributed by atoms with Gasteiger partial charge in [-0.3, -0.25) is 14.3 Å². The number of aromatic nitrogens is 4. The van der Waals surface area contributed by atoms with Crippen LogP contribution in [0.3, 0.4) is 0 Å². The van der Waals surface area contributed by atoms with Crippen molar-refractivity contribution in [2.45, 2.75) is 17.8 Å². The van der Waals surface area contributed by atoms with Gasteiger partial charge < -0.3 is 10.1 Å². The molecule has 0 fully saturated rings. The van der Waals surface area contributed by atoms with Crippen LogP contribution in [0.4, 0.5) is 0 Å². The predicted molar refractivity (Wildman–Crippen MR) is 130 cm³/mol. The number of benzene rings is 2. The quantitative estimate of drug-likeness (QED) is 0.297. The molecule has 0 atom stereocenters. The van der Waals surface area contributed by atoms with Crippen LogP contribution in [-0.2, 0) is 10.5 Å². The second kappa shape index (κ2) is 10.9. The first kappa shape index (κ1) is 22.7. The zero-order valence-corrected chi connectivity index (χ0v) is 19.4. The van der Waals surface area contributed by atoms with E-state index in [9.17, 15) is 4.79 Å². The topological polar surface area (TPSA) is 81.9 Å². The Balaban J connectivity index is 1.64. The van der Waals surface area contributed by atoms with Crippen molar-refractivity contribution >= 4 is 17.7 Å². The number of amides is 1. The van der Waals surface area contributed by atoms with E-state index in [4.69, 9.17) is 4.74 Å². The number of carbonyl (C=O) groups is 1. The van der Waals surface area contributed by atoms with Crippen LogP contribution >= 0.6 is 11.8 Å². The lowest BCUT2D eigenvalue weighted by Crippen LogP contribution is -2.27. The van der Waals surface area contributed by atoms with E-state index < -0.39 is 0 Å². The number of nitrogens with one attached hydrogen (secondary N) is 1. The van der Waals surface area contributed by atoms with Crippen LogP contribution in [0.5, 0.6) is 0 Å². The number of ether oxygens (including phenoxy) is 1. The summed E-state index contributed by atoms with van der Waals surface area (Å²) in [6.45, 7) is 3.00. The molecule has 7 nitrogen and oxygen atoms in total. The number of carbonyl (C=O) groups excluding carboxylic acids is 1. The van der Waals surface area contributed by atoms with Gasteiger partial charge in [0, 0.05) is 48.6 Å². The molecule has 1 amide bonds. The monoisotopic (exact) mass is 459 g/mol. The molecule has 33 heavy (non-hydrogen) atoms. The van der Waals surface area contributed by atoms with Crippen molar-refractivity contribution in [3.63, 3.8) is 0 Å². The van der Waals surface area contributed by atoms with Crippen LogP contribution in [0.1, 0.15) is 21.5 Å². The maximum Gasteiger partial charge on any atom is 0.251 e. The maximum atomic E-state index is 12.7. The van der Waals surface area contributed by atoms with Gasteiger partial charge in [-0.05, 0) is 48.4 Å². The fourth-order valence-corrected chi connectivity index (χ4v) is 4.38. The number of aryl methyl sites for hydroxylation is 1. The summed E-state index contributed by atoms with van der Waals surface area (Å²) in [5.74, 6) is 1.21. The van der Waals surface area contributed by atoms with Gasteiger partial charge in [-0.25, -0.2) is 0 Å². The summed E-state index contributed by atoms with van der Waals surface area (Å²) in [5.41, 5.74) is 4.65. The third-order valence-electron chi connectivity index (χ3n) is 5.04. The molecule has 0 unspecified atom stereocenters. The van der Waals surface area contributed by atoms with Crippen molar-refractivity contribution in [3.8, 4) is 17.1 Å². The summed E-state index contributed by atoms with van der Waals surface area (Å²) >= 11 is 1.55. The van der Waals surface area contributed by atoms with Gasteiger partial charge in [-0.2, -0.15) is 0 Å². The largest absolute Gasteiger partial charge is 0.383 e. The van der Waals surface area contributed by atoms with E-state index in [0.717, 1.165) is 33.4 Å². The first-order chi connectivity index (χ1) is 16.2. The summed E-state index contributed by atoms with van der Waals surface area (Å²) in [7, 11) is 1.61. The number of nitrogens with zero attached hydrogens (tertiary/aromatic N) is 4. The summed E-state index contributed by atoms with van der Waals surface area (Å²) < 4.78 is 7.08. The second-order valence-electron chi connectivity index (χ2n) is 7.41. The molecule has 0 saturated heterocycles. The molecule has 2 aromatic carbocycles. The van der Waals surface area contributed by atoms with Crippen LogP contribution in [0.2, 0.25) is 0 Å². The zero-order valence-electron chi connectivity index (χ0n) is 18.6. The van der Waals surface area contributed by atoms with Gasteiger partial charge in [-0.1, -0.05) is 42.1 Å². The van der Waals surface area contributed by atoms with E-state index in [1.807, 2.05) is 53.1 Å². The van der Waals surface area contributed by atoms with Gasteiger partial charge in [0.15, 0.2) is 11.0 Å². The molecule has 0 bridgehead atoms. The minimum Gasteiger partial charge on any atom is -0.383 e. The van der Waals surface area contributed by atoms with Crippen molar-refractivity contribution in [2.75, 3.05) is 20.3 Å². The first-order valence-electron chi connectivity index (χ1n) is 10.6. The van der Waals surface area contributed by atoms with Crippen molar-refractivity contribution in [1.29, 1.82) is 0 Å². The summed E-state index contributed by atoms with van der Waals surface area (Å²) in [5, 5.41) is 12.6. The number of thioether (sulfide) groups is 1. The molecule has 0 saturated carbocycles. The normalized spacial score (nSPS) is 10.8. The van der Waals surface area contributed by atoms with Crippen molar-refractivity contribution < 1.29 is 9.53 Å². The van der Waals surface area contributed by atoms with E-state index in [-0.39, 0.29) is 5.91 Å². The Morgan fingerprint density at radius 3 is 2.67 bits per heavy atom. The van der Waals surface area contributed by atoms with E-state index in [1.54, 1.807) is 31.3 Å². The zero-order chi connectivity index (χ0) is 23.0. The fourth-order valence-electron chi connectivity index (χ4n) is 3.42. The van der Waals surface area contributed by atoms with Gasteiger partial charge >= 0.3 is 0 Å². The predicted octanol–water partition coefficient (Wildman–Crippen LogP) is 4.31. The van der Waals surface area contributed by atoms with Crippen LogP contribution < -0.4 is 5.32 Å². The minimum absolute atomic E-state index is 0.110. The Hall–Kier alpha value is -3.49. The number of hydrogen-bond acceptors (Lipinski definition) is 6. The molecule has 8 heteroatoms. The van der Waals surface area contributed by atoms with Crippen molar-refractivity contribution in [3.05, 3.63) is 89.7 Å². The smallest absolute Gasteiger partial charge is 0.251 e. The summed E-state index contributed by atoms with van der Waals surface area (Å²) in [6.07, 6.45) is 3.49.